The summed E-state index contributed by atoms with van der Waals surface area (Å²) in [5.74, 6) is 2.69. The maximum Gasteiger partial charge on any atom is 0.120 e. The van der Waals surface area contributed by atoms with Crippen molar-refractivity contribution in [3.8, 4) is 5.75 Å². The number of hydrogen-bond donors (Lipinski definition) is 1. The van der Waals surface area contributed by atoms with Crippen molar-refractivity contribution >= 4 is 15.9 Å². The molecule has 1 N–H and O–H groups in total. The lowest BCUT2D eigenvalue weighted by Crippen LogP contribution is -2.03. The minimum atomic E-state index is 0.523. The normalized spacial score (nSPS) is 10.6. The topological polar surface area (TPSA) is 34.4 Å². The second-order valence-corrected chi connectivity index (χ2v) is 4.99. The fourth-order valence-electron chi connectivity index (χ4n) is 1.71. The second kappa shape index (κ2) is 6.07. The predicted molar refractivity (Wildman–Crippen MR) is 74.7 cm³/mol. The summed E-state index contributed by atoms with van der Waals surface area (Å²) in [6, 6.07) is 9.84. The summed E-state index contributed by atoms with van der Waals surface area (Å²) in [4.78, 5) is 0. The first-order chi connectivity index (χ1) is 8.69. The molecule has 0 aliphatic rings. The molecule has 0 aliphatic carbocycles. The van der Waals surface area contributed by atoms with Gasteiger partial charge in [0.05, 0.1) is 6.54 Å². The molecule has 18 heavy (non-hydrogen) atoms. The molecule has 0 spiro atoms. The van der Waals surface area contributed by atoms with Crippen molar-refractivity contribution in [3.63, 3.8) is 0 Å². The average molecular weight is 310 g/mol. The minimum absolute atomic E-state index is 0.523. The Morgan fingerprint density at radius 1 is 1.33 bits per heavy atom. The largest absolute Gasteiger partial charge is 0.489 e. The molecule has 0 saturated carbocycles. The van der Waals surface area contributed by atoms with Crippen LogP contribution in [0.3, 0.4) is 0 Å². The van der Waals surface area contributed by atoms with E-state index in [4.69, 9.17) is 9.15 Å². The summed E-state index contributed by atoms with van der Waals surface area (Å²) in [5, 5.41) is 3.07. The Balaban J connectivity index is 2.01. The number of nitrogens with one attached hydrogen (secondary N) is 1. The van der Waals surface area contributed by atoms with Crippen molar-refractivity contribution in [1.29, 1.82) is 0 Å². The summed E-state index contributed by atoms with van der Waals surface area (Å²) >= 11 is 3.42. The predicted octanol–water partition coefficient (Wildman–Crippen LogP) is 3.65. The number of benzene rings is 1. The van der Waals surface area contributed by atoms with Gasteiger partial charge < -0.3 is 14.5 Å². The summed E-state index contributed by atoms with van der Waals surface area (Å²) in [5.41, 5.74) is 1.08. The number of hydrogen-bond acceptors (Lipinski definition) is 3. The first-order valence-electron chi connectivity index (χ1n) is 5.80. The highest BCUT2D eigenvalue weighted by Gasteiger charge is 2.07. The molecule has 2 aromatic rings. The van der Waals surface area contributed by atoms with E-state index in [2.05, 4.69) is 21.2 Å². The van der Waals surface area contributed by atoms with Crippen LogP contribution in [0, 0.1) is 6.92 Å². The summed E-state index contributed by atoms with van der Waals surface area (Å²) < 4.78 is 12.4. The van der Waals surface area contributed by atoms with Crippen LogP contribution in [0.4, 0.5) is 0 Å². The third kappa shape index (κ3) is 3.37. The highest BCUT2D eigenvalue weighted by atomic mass is 79.9. The van der Waals surface area contributed by atoms with Gasteiger partial charge in [0, 0.05) is 10.0 Å². The third-order valence-electron chi connectivity index (χ3n) is 2.61. The van der Waals surface area contributed by atoms with Crippen LogP contribution in [0.15, 0.2) is 39.2 Å². The zero-order chi connectivity index (χ0) is 13.0. The molecule has 0 aliphatic heterocycles. The Morgan fingerprint density at radius 3 is 2.89 bits per heavy atom. The molecule has 0 radical (unpaired) electrons. The van der Waals surface area contributed by atoms with Crippen molar-refractivity contribution in [2.75, 3.05) is 7.05 Å². The molecule has 2 rings (SSSR count). The smallest absolute Gasteiger partial charge is 0.120 e. The van der Waals surface area contributed by atoms with Crippen molar-refractivity contribution in [3.05, 3.63) is 51.9 Å². The number of aryl methyl sites for hydroxylation is 1. The zero-order valence-corrected chi connectivity index (χ0v) is 12.1. The number of furan rings is 1. The van der Waals surface area contributed by atoms with Gasteiger partial charge in [-0.05, 0) is 38.2 Å². The number of ether oxygens (including phenoxy) is 1. The molecule has 0 unspecified atom stereocenters. The van der Waals surface area contributed by atoms with E-state index in [0.29, 0.717) is 6.61 Å². The van der Waals surface area contributed by atoms with Crippen molar-refractivity contribution in [1.82, 2.24) is 5.32 Å². The van der Waals surface area contributed by atoms with Gasteiger partial charge in [-0.3, -0.25) is 0 Å². The van der Waals surface area contributed by atoms with E-state index in [1.165, 1.54) is 0 Å². The molecule has 1 heterocycles. The summed E-state index contributed by atoms with van der Waals surface area (Å²) in [6.07, 6.45) is 0. The van der Waals surface area contributed by atoms with Crippen LogP contribution in [0.25, 0.3) is 0 Å². The van der Waals surface area contributed by atoms with Gasteiger partial charge in [0.1, 0.15) is 23.9 Å². The lowest BCUT2D eigenvalue weighted by atomic mass is 10.2. The molecule has 4 heteroatoms. The fourth-order valence-corrected chi connectivity index (χ4v) is 2.09. The van der Waals surface area contributed by atoms with Gasteiger partial charge in [0.25, 0.3) is 0 Å². The first kappa shape index (κ1) is 13.2. The zero-order valence-electron chi connectivity index (χ0n) is 10.5. The first-order valence-corrected chi connectivity index (χ1v) is 6.59. The van der Waals surface area contributed by atoms with E-state index in [-0.39, 0.29) is 0 Å². The van der Waals surface area contributed by atoms with Crippen LogP contribution >= 0.6 is 15.9 Å². The molecular weight excluding hydrogens is 294 g/mol. The Labute approximate surface area is 115 Å². The molecule has 3 nitrogen and oxygen atoms in total. The number of halogens is 1. The van der Waals surface area contributed by atoms with Crippen LogP contribution < -0.4 is 10.1 Å². The monoisotopic (exact) mass is 309 g/mol. The van der Waals surface area contributed by atoms with E-state index in [9.17, 15) is 0 Å². The highest BCUT2D eigenvalue weighted by molar-refractivity contribution is 9.10. The average Bonchev–Trinajstić information content (AvgIpc) is 2.68. The minimum Gasteiger partial charge on any atom is -0.489 e. The van der Waals surface area contributed by atoms with E-state index in [0.717, 1.165) is 33.9 Å². The lowest BCUT2D eigenvalue weighted by molar-refractivity contribution is 0.303. The van der Waals surface area contributed by atoms with E-state index < -0.39 is 0 Å². The van der Waals surface area contributed by atoms with E-state index >= 15 is 0 Å². The Kier molecular flexibility index (Phi) is 4.44. The molecular formula is C14H16BrNO2. The van der Waals surface area contributed by atoms with E-state index in [1.807, 2.05) is 44.3 Å². The van der Waals surface area contributed by atoms with Crippen molar-refractivity contribution in [2.24, 2.45) is 0 Å². The summed E-state index contributed by atoms with van der Waals surface area (Å²) in [6.45, 7) is 3.21. The van der Waals surface area contributed by atoms with Crippen LogP contribution in [-0.2, 0) is 13.2 Å². The van der Waals surface area contributed by atoms with Gasteiger partial charge in [0.2, 0.25) is 0 Å². The van der Waals surface area contributed by atoms with Crippen molar-refractivity contribution < 1.29 is 9.15 Å². The molecule has 0 atom stereocenters. The molecule has 0 saturated heterocycles. The standard InChI is InChI=1S/C14H16BrNO2/c1-10-11(6-14(18-10)8-16-2)9-17-13-5-3-4-12(15)7-13/h3-7,16H,8-9H2,1-2H3. The van der Waals surface area contributed by atoms with Crippen LogP contribution in [0.2, 0.25) is 0 Å². The van der Waals surface area contributed by atoms with Crippen LogP contribution in [0.5, 0.6) is 5.75 Å². The third-order valence-corrected chi connectivity index (χ3v) is 3.11. The van der Waals surface area contributed by atoms with Crippen LogP contribution in [0.1, 0.15) is 17.1 Å². The maximum atomic E-state index is 5.73. The molecule has 0 bridgehead atoms. The quantitative estimate of drug-likeness (QED) is 0.915. The highest BCUT2D eigenvalue weighted by Crippen LogP contribution is 2.21. The lowest BCUT2D eigenvalue weighted by Gasteiger charge is -2.05. The van der Waals surface area contributed by atoms with E-state index in [1.54, 1.807) is 0 Å². The maximum absolute atomic E-state index is 5.73. The van der Waals surface area contributed by atoms with Gasteiger partial charge in [0.15, 0.2) is 0 Å². The van der Waals surface area contributed by atoms with Gasteiger partial charge in [-0.15, -0.1) is 0 Å². The second-order valence-electron chi connectivity index (χ2n) is 4.07. The van der Waals surface area contributed by atoms with Gasteiger partial charge >= 0.3 is 0 Å². The van der Waals surface area contributed by atoms with Gasteiger partial charge in [-0.1, -0.05) is 22.0 Å². The molecule has 1 aromatic heterocycles. The Hall–Kier alpha value is -1.26. The van der Waals surface area contributed by atoms with Gasteiger partial charge in [-0.25, -0.2) is 0 Å². The fraction of sp³-hybridized carbons (Fsp3) is 0.286. The summed E-state index contributed by atoms with van der Waals surface area (Å²) in [7, 11) is 1.90. The van der Waals surface area contributed by atoms with Gasteiger partial charge in [-0.2, -0.15) is 0 Å². The number of rotatable bonds is 5. The molecule has 1 aromatic carbocycles. The van der Waals surface area contributed by atoms with Crippen molar-refractivity contribution in [2.45, 2.75) is 20.1 Å². The SMILES string of the molecule is CNCc1cc(COc2cccc(Br)c2)c(C)o1. The van der Waals surface area contributed by atoms with Crippen LogP contribution in [-0.4, -0.2) is 7.05 Å². The molecule has 0 fully saturated rings. The Morgan fingerprint density at radius 2 is 2.17 bits per heavy atom. The molecule has 96 valence electrons. The Bertz CT molecular complexity index is 522. The molecule has 0 amide bonds.